The van der Waals surface area contributed by atoms with Gasteiger partial charge in [0.15, 0.2) is 5.78 Å². The van der Waals surface area contributed by atoms with Crippen molar-refractivity contribution in [2.75, 3.05) is 0 Å². The van der Waals surface area contributed by atoms with E-state index >= 15 is 0 Å². The first-order chi connectivity index (χ1) is 11.3. The molecule has 0 heterocycles. The zero-order valence-corrected chi connectivity index (χ0v) is 21.0. The number of Topliss-reactive ketones (excluding diaryl/α,β-unsaturated/α-hetero) is 1. The summed E-state index contributed by atoms with van der Waals surface area (Å²) in [6, 6.07) is 0. The van der Waals surface area contributed by atoms with E-state index in [0.29, 0.717) is 17.6 Å². The van der Waals surface area contributed by atoms with E-state index in [1.807, 2.05) is 0 Å². The molecule has 3 heteroatoms. The molecule has 0 aromatic carbocycles. The summed E-state index contributed by atoms with van der Waals surface area (Å²) >= 11 is 0. The second-order valence-electron chi connectivity index (χ2n) is 9.53. The van der Waals surface area contributed by atoms with E-state index in [9.17, 15) is 9.90 Å². The Labute approximate surface area is 188 Å². The fraction of sp³-hybridized carbons (Fsp3) is 0.773. The van der Waals surface area contributed by atoms with Gasteiger partial charge in [-0.15, -0.1) is 0 Å². The quantitative estimate of drug-likeness (QED) is 0.471. The minimum atomic E-state index is -0.130. The van der Waals surface area contributed by atoms with Crippen molar-refractivity contribution in [2.24, 2.45) is 28.6 Å². The number of carbonyl (C=O) groups is 1. The SMILES string of the molecule is CC(=O)C1=C(C)CC2C3CC=C4CC(O)CC[C@]4(C)C3CC[C@]12C.[Ac]. The topological polar surface area (TPSA) is 37.3 Å². The van der Waals surface area contributed by atoms with Gasteiger partial charge in [-0.25, -0.2) is 0 Å². The smallest absolute Gasteiger partial charge is 0.156 e. The third kappa shape index (κ3) is 2.91. The number of aliphatic hydroxyl groups excluding tert-OH is 1. The standard InChI is InChI=1S/C22H32O2.Ac/c1-13-11-19-17-6-5-15-12-16(24)7-9-21(15,3)18(17)8-10-22(19,4)20(13)14(2)23;/h5,16-19,24H,6-12H2,1-4H3;/t16?,17?,18?,19?,21-,22-;/m0./s1. The number of allylic oxidation sites excluding steroid dienone is 3. The molecule has 0 amide bonds. The van der Waals surface area contributed by atoms with Gasteiger partial charge in [-0.3, -0.25) is 4.79 Å². The molecule has 4 aliphatic rings. The van der Waals surface area contributed by atoms with Crippen molar-refractivity contribution < 1.29 is 54.0 Å². The van der Waals surface area contributed by atoms with Crippen LogP contribution in [0.2, 0.25) is 0 Å². The fourth-order valence-electron chi connectivity index (χ4n) is 7.27. The van der Waals surface area contributed by atoms with E-state index in [-0.39, 0.29) is 61.0 Å². The van der Waals surface area contributed by atoms with Crippen LogP contribution in [0.4, 0.5) is 0 Å². The Morgan fingerprint density at radius 3 is 2.48 bits per heavy atom. The fourth-order valence-corrected chi connectivity index (χ4v) is 7.27. The van der Waals surface area contributed by atoms with Crippen LogP contribution in [-0.4, -0.2) is 17.0 Å². The first-order valence-corrected chi connectivity index (χ1v) is 9.86. The molecule has 0 saturated heterocycles. The predicted molar refractivity (Wildman–Crippen MR) is 96.5 cm³/mol. The van der Waals surface area contributed by atoms with Crippen LogP contribution < -0.4 is 0 Å². The van der Waals surface area contributed by atoms with Crippen molar-refractivity contribution in [2.45, 2.75) is 78.7 Å². The number of carbonyl (C=O) groups excluding carboxylic acids is 1. The molecule has 1 N–H and O–H groups in total. The van der Waals surface area contributed by atoms with Crippen molar-refractivity contribution in [1.29, 1.82) is 0 Å². The van der Waals surface area contributed by atoms with Crippen LogP contribution in [0.5, 0.6) is 0 Å². The molecule has 2 saturated carbocycles. The van der Waals surface area contributed by atoms with Gasteiger partial charge in [0.2, 0.25) is 0 Å². The van der Waals surface area contributed by atoms with Crippen LogP contribution in [0.1, 0.15) is 72.6 Å². The van der Waals surface area contributed by atoms with Crippen molar-refractivity contribution in [3.63, 3.8) is 0 Å². The van der Waals surface area contributed by atoms with E-state index in [2.05, 4.69) is 26.8 Å². The summed E-state index contributed by atoms with van der Waals surface area (Å²) in [6.45, 7) is 8.79. The van der Waals surface area contributed by atoms with Crippen molar-refractivity contribution >= 4 is 5.78 Å². The molecular formula is C22H32AcO2. The van der Waals surface area contributed by atoms with Gasteiger partial charge in [0.05, 0.1) is 6.10 Å². The molecule has 0 aromatic heterocycles. The molecule has 4 unspecified atom stereocenters. The van der Waals surface area contributed by atoms with Crippen LogP contribution in [0.3, 0.4) is 0 Å². The number of hydrogen-bond acceptors (Lipinski definition) is 2. The van der Waals surface area contributed by atoms with Crippen LogP contribution in [-0.2, 0) is 4.79 Å². The van der Waals surface area contributed by atoms with Gasteiger partial charge in [0.25, 0.3) is 0 Å². The Kier molecular flexibility index (Phi) is 5.57. The number of ketones is 1. The predicted octanol–water partition coefficient (Wildman–Crippen LogP) is 4.83. The summed E-state index contributed by atoms with van der Waals surface area (Å²) in [6.07, 6.45) is 9.99. The third-order valence-electron chi connectivity index (χ3n) is 8.34. The Balaban J connectivity index is 0.00000182. The van der Waals surface area contributed by atoms with Gasteiger partial charge in [0, 0.05) is 44.1 Å². The summed E-state index contributed by atoms with van der Waals surface area (Å²) in [5, 5.41) is 10.1. The van der Waals surface area contributed by atoms with Crippen molar-refractivity contribution in [3.05, 3.63) is 22.8 Å². The molecule has 2 nitrogen and oxygen atoms in total. The van der Waals surface area contributed by atoms with Gasteiger partial charge in [0.1, 0.15) is 0 Å². The molecular weight excluding hydrogens is 523 g/mol. The Morgan fingerprint density at radius 2 is 1.80 bits per heavy atom. The van der Waals surface area contributed by atoms with Gasteiger partial charge >= 0.3 is 0 Å². The van der Waals surface area contributed by atoms with Crippen LogP contribution >= 0.6 is 0 Å². The first-order valence-electron chi connectivity index (χ1n) is 9.86. The second kappa shape index (κ2) is 6.86. The van der Waals surface area contributed by atoms with E-state index in [4.69, 9.17) is 0 Å². The average Bonchev–Trinajstić information content (AvgIpc) is 2.78. The molecule has 1 radical (unpaired) electrons. The maximum absolute atomic E-state index is 12.3. The number of fused-ring (bicyclic) bond motifs is 5. The average molecular weight is 555 g/mol. The maximum Gasteiger partial charge on any atom is 0.156 e. The molecule has 6 atom stereocenters. The normalized spacial score (nSPS) is 45.7. The Morgan fingerprint density at radius 1 is 1.12 bits per heavy atom. The monoisotopic (exact) mass is 555 g/mol. The second-order valence-corrected chi connectivity index (χ2v) is 9.53. The molecule has 135 valence electrons. The molecule has 25 heavy (non-hydrogen) atoms. The van der Waals surface area contributed by atoms with Crippen molar-refractivity contribution in [1.82, 2.24) is 0 Å². The van der Waals surface area contributed by atoms with E-state index < -0.39 is 0 Å². The minimum absolute atomic E-state index is 0. The summed E-state index contributed by atoms with van der Waals surface area (Å²) in [7, 11) is 0. The molecule has 4 rings (SSSR count). The molecule has 0 aromatic rings. The number of aliphatic hydroxyl groups is 1. The van der Waals surface area contributed by atoms with Gasteiger partial charge in [-0.1, -0.05) is 31.1 Å². The van der Waals surface area contributed by atoms with Crippen LogP contribution in [0.15, 0.2) is 22.8 Å². The molecule has 4 aliphatic carbocycles. The summed E-state index contributed by atoms with van der Waals surface area (Å²) in [5.41, 5.74) is 4.43. The summed E-state index contributed by atoms with van der Waals surface area (Å²) in [4.78, 5) is 12.3. The van der Waals surface area contributed by atoms with Gasteiger partial charge in [-0.05, 0) is 93.0 Å². The minimum Gasteiger partial charge on any atom is -0.393 e. The molecule has 0 bridgehead atoms. The zero-order valence-electron chi connectivity index (χ0n) is 16.3. The van der Waals surface area contributed by atoms with Crippen LogP contribution in [0.25, 0.3) is 0 Å². The van der Waals surface area contributed by atoms with E-state index in [1.165, 1.54) is 17.6 Å². The van der Waals surface area contributed by atoms with Gasteiger partial charge < -0.3 is 5.11 Å². The molecule has 2 fully saturated rings. The Hall–Kier alpha value is 0.552. The maximum atomic E-state index is 12.3. The first kappa shape index (κ1) is 20.3. The summed E-state index contributed by atoms with van der Waals surface area (Å²) in [5.74, 6) is 2.38. The van der Waals surface area contributed by atoms with Crippen LogP contribution in [0, 0.1) is 72.6 Å². The number of rotatable bonds is 1. The zero-order chi connectivity index (χ0) is 17.3. The van der Waals surface area contributed by atoms with E-state index in [0.717, 1.165) is 50.0 Å². The largest absolute Gasteiger partial charge is 0.393 e. The number of hydrogen-bond donors (Lipinski definition) is 1. The van der Waals surface area contributed by atoms with E-state index in [1.54, 1.807) is 6.92 Å². The van der Waals surface area contributed by atoms with Crippen molar-refractivity contribution in [3.8, 4) is 0 Å². The molecule has 0 spiro atoms. The Bertz CT molecular complexity index is 648. The summed E-state index contributed by atoms with van der Waals surface area (Å²) < 4.78 is 0. The van der Waals surface area contributed by atoms with Gasteiger partial charge in [-0.2, -0.15) is 0 Å². The molecule has 0 aliphatic heterocycles. The third-order valence-corrected chi connectivity index (χ3v) is 8.34.